The van der Waals surface area contributed by atoms with E-state index in [9.17, 15) is 0 Å². The van der Waals surface area contributed by atoms with Gasteiger partial charge in [-0.2, -0.15) is 0 Å². The number of rotatable bonds is 6. The van der Waals surface area contributed by atoms with E-state index in [2.05, 4.69) is 19.2 Å². The van der Waals surface area contributed by atoms with Crippen LogP contribution < -0.4 is 10.1 Å². The number of halogens is 2. The van der Waals surface area contributed by atoms with Crippen molar-refractivity contribution in [2.45, 2.75) is 26.8 Å². The summed E-state index contributed by atoms with van der Waals surface area (Å²) in [4.78, 5) is 0. The summed E-state index contributed by atoms with van der Waals surface area (Å²) in [5.41, 5.74) is 0.994. The molecule has 96 valence electrons. The third kappa shape index (κ3) is 4.74. The monoisotopic (exact) mass is 275 g/mol. The fourth-order valence-electron chi connectivity index (χ4n) is 1.59. The van der Waals surface area contributed by atoms with Gasteiger partial charge < -0.3 is 10.1 Å². The van der Waals surface area contributed by atoms with Crippen molar-refractivity contribution in [3.8, 4) is 5.75 Å². The summed E-state index contributed by atoms with van der Waals surface area (Å²) in [7, 11) is 1.62. The molecule has 0 saturated heterocycles. The molecule has 4 heteroatoms. The fraction of sp³-hybridized carbons (Fsp3) is 0.538. The minimum absolute atomic E-state index is 0.556. The van der Waals surface area contributed by atoms with Crippen LogP contribution in [0.15, 0.2) is 12.1 Å². The molecule has 0 saturated carbocycles. The number of ether oxygens (including phenoxy) is 1. The molecule has 1 rings (SSSR count). The van der Waals surface area contributed by atoms with Crippen molar-refractivity contribution >= 4 is 23.2 Å². The van der Waals surface area contributed by atoms with Gasteiger partial charge in [0.15, 0.2) is 0 Å². The van der Waals surface area contributed by atoms with Crippen LogP contribution in [0.1, 0.15) is 25.8 Å². The van der Waals surface area contributed by atoms with Crippen molar-refractivity contribution in [1.82, 2.24) is 5.32 Å². The zero-order chi connectivity index (χ0) is 12.8. The minimum atomic E-state index is 0.556. The molecule has 0 spiro atoms. The predicted octanol–water partition coefficient (Wildman–Crippen LogP) is 4.14. The molecule has 0 aliphatic heterocycles. The zero-order valence-corrected chi connectivity index (χ0v) is 12.0. The predicted molar refractivity (Wildman–Crippen MR) is 74.2 cm³/mol. The Morgan fingerprint density at radius 3 is 2.59 bits per heavy atom. The van der Waals surface area contributed by atoms with E-state index >= 15 is 0 Å². The molecular weight excluding hydrogens is 257 g/mol. The van der Waals surface area contributed by atoms with Gasteiger partial charge in [-0.3, -0.25) is 0 Å². The first-order chi connectivity index (χ1) is 8.04. The van der Waals surface area contributed by atoms with Gasteiger partial charge >= 0.3 is 0 Å². The number of benzene rings is 1. The molecule has 0 aliphatic rings. The molecular formula is C13H19Cl2NO. The smallest absolute Gasteiger partial charge is 0.142 e. The minimum Gasteiger partial charge on any atom is -0.495 e. The van der Waals surface area contributed by atoms with Crippen LogP contribution in [0.4, 0.5) is 0 Å². The van der Waals surface area contributed by atoms with Crippen LogP contribution in [0.25, 0.3) is 0 Å². The highest BCUT2D eigenvalue weighted by Gasteiger charge is 2.09. The third-order valence-electron chi connectivity index (χ3n) is 2.50. The van der Waals surface area contributed by atoms with Crippen LogP contribution in [0.2, 0.25) is 10.0 Å². The topological polar surface area (TPSA) is 21.3 Å². The Morgan fingerprint density at radius 2 is 2.00 bits per heavy atom. The SMILES string of the molecule is COc1c(Cl)cc(Cl)cc1CNCCC(C)C. The molecule has 1 N–H and O–H groups in total. The first-order valence-corrected chi connectivity index (χ1v) is 6.52. The van der Waals surface area contributed by atoms with Gasteiger partial charge in [0.1, 0.15) is 5.75 Å². The summed E-state index contributed by atoms with van der Waals surface area (Å²) in [6.45, 7) is 6.11. The van der Waals surface area contributed by atoms with Crippen molar-refractivity contribution in [3.05, 3.63) is 27.7 Å². The summed E-state index contributed by atoms with van der Waals surface area (Å²) in [5, 5.41) is 4.56. The van der Waals surface area contributed by atoms with E-state index in [1.807, 2.05) is 6.07 Å². The number of methoxy groups -OCH3 is 1. The van der Waals surface area contributed by atoms with Crippen molar-refractivity contribution in [2.75, 3.05) is 13.7 Å². The van der Waals surface area contributed by atoms with Crippen LogP contribution in [-0.4, -0.2) is 13.7 Å². The maximum atomic E-state index is 6.06. The second kappa shape index (κ2) is 7.10. The van der Waals surface area contributed by atoms with Crippen LogP contribution in [-0.2, 0) is 6.54 Å². The Balaban J connectivity index is 2.63. The zero-order valence-electron chi connectivity index (χ0n) is 10.5. The Labute approximate surface area is 113 Å². The Bertz CT molecular complexity index is 367. The highest BCUT2D eigenvalue weighted by molar-refractivity contribution is 6.35. The average Bonchev–Trinajstić information content (AvgIpc) is 2.23. The summed E-state index contributed by atoms with van der Waals surface area (Å²) in [6, 6.07) is 3.58. The summed E-state index contributed by atoms with van der Waals surface area (Å²) < 4.78 is 5.28. The molecule has 0 amide bonds. The van der Waals surface area contributed by atoms with E-state index in [1.165, 1.54) is 0 Å². The maximum Gasteiger partial charge on any atom is 0.142 e. The van der Waals surface area contributed by atoms with Gasteiger partial charge in [0.2, 0.25) is 0 Å². The van der Waals surface area contributed by atoms with Crippen molar-refractivity contribution in [1.29, 1.82) is 0 Å². The number of hydrogen-bond donors (Lipinski definition) is 1. The highest BCUT2D eigenvalue weighted by atomic mass is 35.5. The fourth-order valence-corrected chi connectivity index (χ4v) is 2.20. The molecule has 0 atom stereocenters. The van der Waals surface area contributed by atoms with Crippen molar-refractivity contribution < 1.29 is 4.74 Å². The van der Waals surface area contributed by atoms with Crippen molar-refractivity contribution in [3.63, 3.8) is 0 Å². The van der Waals surface area contributed by atoms with Gasteiger partial charge in [0, 0.05) is 17.1 Å². The molecule has 0 radical (unpaired) electrons. The van der Waals surface area contributed by atoms with E-state index < -0.39 is 0 Å². The molecule has 1 aromatic rings. The lowest BCUT2D eigenvalue weighted by Crippen LogP contribution is -2.16. The van der Waals surface area contributed by atoms with Crippen LogP contribution in [0.3, 0.4) is 0 Å². The molecule has 2 nitrogen and oxygen atoms in total. The van der Waals surface area contributed by atoms with E-state index in [0.717, 1.165) is 25.1 Å². The Kier molecular flexibility index (Phi) is 6.10. The summed E-state index contributed by atoms with van der Waals surface area (Å²) >= 11 is 12.0. The van der Waals surface area contributed by atoms with Gasteiger partial charge in [0.05, 0.1) is 12.1 Å². The lowest BCUT2D eigenvalue weighted by Gasteiger charge is -2.12. The van der Waals surface area contributed by atoms with E-state index in [4.69, 9.17) is 27.9 Å². The highest BCUT2D eigenvalue weighted by Crippen LogP contribution is 2.31. The number of nitrogens with one attached hydrogen (secondary N) is 1. The first kappa shape index (κ1) is 14.6. The van der Waals surface area contributed by atoms with Crippen LogP contribution in [0, 0.1) is 5.92 Å². The van der Waals surface area contributed by atoms with E-state index in [-0.39, 0.29) is 0 Å². The molecule has 1 aromatic carbocycles. The van der Waals surface area contributed by atoms with Gasteiger partial charge in [0.25, 0.3) is 0 Å². The number of hydrogen-bond acceptors (Lipinski definition) is 2. The maximum absolute atomic E-state index is 6.06. The van der Waals surface area contributed by atoms with Crippen molar-refractivity contribution in [2.24, 2.45) is 5.92 Å². The molecule has 0 fully saturated rings. The summed E-state index contributed by atoms with van der Waals surface area (Å²) in [6.07, 6.45) is 1.15. The lowest BCUT2D eigenvalue weighted by molar-refractivity contribution is 0.407. The van der Waals surface area contributed by atoms with Crippen LogP contribution in [0.5, 0.6) is 5.75 Å². The molecule has 0 unspecified atom stereocenters. The van der Waals surface area contributed by atoms with Gasteiger partial charge in [-0.25, -0.2) is 0 Å². The van der Waals surface area contributed by atoms with E-state index in [0.29, 0.717) is 21.7 Å². The first-order valence-electron chi connectivity index (χ1n) is 5.77. The second-order valence-corrected chi connectivity index (χ2v) is 5.28. The summed E-state index contributed by atoms with van der Waals surface area (Å²) in [5.74, 6) is 1.40. The van der Waals surface area contributed by atoms with Gasteiger partial charge in [-0.15, -0.1) is 0 Å². The van der Waals surface area contributed by atoms with Gasteiger partial charge in [-0.05, 0) is 31.0 Å². The molecule has 17 heavy (non-hydrogen) atoms. The Hall–Kier alpha value is -0.440. The molecule has 0 aliphatic carbocycles. The van der Waals surface area contributed by atoms with Crippen LogP contribution >= 0.6 is 23.2 Å². The van der Waals surface area contributed by atoms with Gasteiger partial charge in [-0.1, -0.05) is 37.0 Å². The molecule has 0 heterocycles. The Morgan fingerprint density at radius 1 is 1.29 bits per heavy atom. The molecule has 0 aromatic heterocycles. The normalized spacial score (nSPS) is 10.9. The second-order valence-electron chi connectivity index (χ2n) is 4.44. The molecule has 0 bridgehead atoms. The quantitative estimate of drug-likeness (QED) is 0.788. The average molecular weight is 276 g/mol. The third-order valence-corrected chi connectivity index (χ3v) is 3.00. The lowest BCUT2D eigenvalue weighted by atomic mass is 10.1. The standard InChI is InChI=1S/C13H19Cl2NO/c1-9(2)4-5-16-8-10-6-11(14)7-12(15)13(10)17-3/h6-7,9,16H,4-5,8H2,1-3H3. The largest absolute Gasteiger partial charge is 0.495 e. The van der Waals surface area contributed by atoms with E-state index in [1.54, 1.807) is 13.2 Å².